The Labute approximate surface area is 186 Å². The van der Waals surface area contributed by atoms with Crippen LogP contribution in [0.1, 0.15) is 15.9 Å². The van der Waals surface area contributed by atoms with Crippen molar-refractivity contribution in [2.75, 3.05) is 24.3 Å². The molecule has 3 aromatic rings. The van der Waals surface area contributed by atoms with E-state index in [0.29, 0.717) is 22.7 Å². The molecule has 0 aliphatic rings. The average molecular weight is 461 g/mol. The predicted molar refractivity (Wildman–Crippen MR) is 121 cm³/mol. The number of anilines is 2. The molecule has 0 spiro atoms. The molecule has 0 fully saturated rings. The molecule has 3 aromatic carbocycles. The molecule has 0 atom stereocenters. The summed E-state index contributed by atoms with van der Waals surface area (Å²) in [6.07, 6.45) is 0. The number of amides is 1. The Hall–Kier alpha value is -3.23. The minimum absolute atomic E-state index is 0.0203. The van der Waals surface area contributed by atoms with Crippen LogP contribution in [0.4, 0.5) is 11.4 Å². The van der Waals surface area contributed by atoms with Gasteiger partial charge < -0.3 is 14.8 Å². The Bertz CT molecular complexity index is 1230. The van der Waals surface area contributed by atoms with Gasteiger partial charge in [0.15, 0.2) is 0 Å². The van der Waals surface area contributed by atoms with Gasteiger partial charge in [0.2, 0.25) is 0 Å². The highest BCUT2D eigenvalue weighted by Crippen LogP contribution is 2.28. The molecule has 0 bridgehead atoms. The lowest BCUT2D eigenvalue weighted by molar-refractivity contribution is 0.102. The average Bonchev–Trinajstić information content (AvgIpc) is 2.75. The van der Waals surface area contributed by atoms with Crippen LogP contribution in [0.3, 0.4) is 0 Å². The van der Waals surface area contributed by atoms with E-state index >= 15 is 0 Å². The van der Waals surface area contributed by atoms with Gasteiger partial charge in [0.05, 0.1) is 35.4 Å². The molecule has 0 aliphatic heterocycles. The molecule has 3 rings (SSSR count). The number of aryl methyl sites for hydroxylation is 1. The summed E-state index contributed by atoms with van der Waals surface area (Å²) in [5.74, 6) is 0.422. The fraction of sp³-hybridized carbons (Fsp3) is 0.136. The summed E-state index contributed by atoms with van der Waals surface area (Å²) < 4.78 is 38.8. The van der Waals surface area contributed by atoms with Gasteiger partial charge in [-0.05, 0) is 48.9 Å². The number of methoxy groups -OCH3 is 2. The number of ether oxygens (including phenoxy) is 2. The van der Waals surface area contributed by atoms with Crippen LogP contribution in [0.15, 0.2) is 65.6 Å². The van der Waals surface area contributed by atoms with Gasteiger partial charge in [-0.2, -0.15) is 0 Å². The Balaban J connectivity index is 1.89. The summed E-state index contributed by atoms with van der Waals surface area (Å²) in [6.45, 7) is 1.67. The number of benzene rings is 3. The van der Waals surface area contributed by atoms with Crippen LogP contribution >= 0.6 is 11.6 Å². The van der Waals surface area contributed by atoms with E-state index in [1.165, 1.54) is 20.3 Å². The number of carbonyl (C=O) groups excluding carboxylic acids is 1. The second-order valence-electron chi connectivity index (χ2n) is 6.59. The Morgan fingerprint density at radius 3 is 2.39 bits per heavy atom. The first-order chi connectivity index (χ1) is 14.7. The molecule has 9 heteroatoms. The van der Waals surface area contributed by atoms with Gasteiger partial charge in [-0.15, -0.1) is 0 Å². The number of carbonyl (C=O) groups is 1. The zero-order valence-electron chi connectivity index (χ0n) is 17.1. The molecule has 7 nitrogen and oxygen atoms in total. The van der Waals surface area contributed by atoms with Gasteiger partial charge in [0.25, 0.3) is 15.9 Å². The fourth-order valence-electron chi connectivity index (χ4n) is 2.90. The van der Waals surface area contributed by atoms with Crippen molar-refractivity contribution in [3.8, 4) is 11.5 Å². The molecule has 162 valence electrons. The minimum Gasteiger partial charge on any atom is -0.497 e. The van der Waals surface area contributed by atoms with Crippen molar-refractivity contribution < 1.29 is 22.7 Å². The number of sulfonamides is 1. The topological polar surface area (TPSA) is 93.7 Å². The number of para-hydroxylation sites is 1. The largest absolute Gasteiger partial charge is 0.497 e. The lowest BCUT2D eigenvalue weighted by atomic mass is 10.1. The summed E-state index contributed by atoms with van der Waals surface area (Å²) in [6, 6.07) is 16.0. The maximum atomic E-state index is 12.9. The van der Waals surface area contributed by atoms with Gasteiger partial charge in [0.1, 0.15) is 11.5 Å². The monoisotopic (exact) mass is 460 g/mol. The van der Waals surface area contributed by atoms with Crippen LogP contribution < -0.4 is 19.5 Å². The summed E-state index contributed by atoms with van der Waals surface area (Å²) in [4.78, 5) is 12.8. The highest BCUT2D eigenvalue weighted by molar-refractivity contribution is 7.92. The highest BCUT2D eigenvalue weighted by Gasteiger charge is 2.20. The maximum Gasteiger partial charge on any atom is 0.262 e. The quantitative estimate of drug-likeness (QED) is 0.532. The maximum absolute atomic E-state index is 12.9. The standard InChI is InChI=1S/C22H21ClN2O5S/c1-14-8-9-15(24-22(26)17-11-10-16(29-2)13-20(17)30-3)12-21(14)31(27,28)25-19-7-5-4-6-18(19)23/h4-13,25H,1-3H3,(H,24,26). The number of hydrogen-bond acceptors (Lipinski definition) is 5. The van der Waals surface area contributed by atoms with Gasteiger partial charge in [-0.25, -0.2) is 8.42 Å². The number of rotatable bonds is 7. The van der Waals surface area contributed by atoms with E-state index in [4.69, 9.17) is 21.1 Å². The second-order valence-corrected chi connectivity index (χ2v) is 8.64. The normalized spacial score (nSPS) is 11.0. The lowest BCUT2D eigenvalue weighted by Crippen LogP contribution is -2.17. The number of nitrogens with one attached hydrogen (secondary N) is 2. The van der Waals surface area contributed by atoms with Crippen LogP contribution in [0.2, 0.25) is 5.02 Å². The summed E-state index contributed by atoms with van der Waals surface area (Å²) in [5.41, 5.74) is 1.37. The van der Waals surface area contributed by atoms with Crippen LogP contribution in [0.5, 0.6) is 11.5 Å². The number of halogens is 1. The molecule has 0 aliphatic carbocycles. The Morgan fingerprint density at radius 1 is 0.968 bits per heavy atom. The molecule has 0 unspecified atom stereocenters. The SMILES string of the molecule is COc1ccc(C(=O)Nc2ccc(C)c(S(=O)(=O)Nc3ccccc3Cl)c2)c(OC)c1. The van der Waals surface area contributed by atoms with Crippen molar-refractivity contribution in [2.45, 2.75) is 11.8 Å². The van der Waals surface area contributed by atoms with Gasteiger partial charge in [-0.1, -0.05) is 29.8 Å². The van der Waals surface area contributed by atoms with E-state index in [2.05, 4.69) is 10.0 Å². The van der Waals surface area contributed by atoms with Crippen LogP contribution in [-0.4, -0.2) is 28.5 Å². The summed E-state index contributed by atoms with van der Waals surface area (Å²) >= 11 is 6.07. The highest BCUT2D eigenvalue weighted by atomic mass is 35.5. The van der Waals surface area contributed by atoms with E-state index in [1.807, 2.05) is 0 Å². The van der Waals surface area contributed by atoms with Gasteiger partial charge >= 0.3 is 0 Å². The zero-order valence-corrected chi connectivity index (χ0v) is 18.7. The molecule has 0 aromatic heterocycles. The summed E-state index contributed by atoms with van der Waals surface area (Å²) in [7, 11) is -0.978. The smallest absolute Gasteiger partial charge is 0.262 e. The second kappa shape index (κ2) is 9.28. The van der Waals surface area contributed by atoms with Crippen molar-refractivity contribution in [3.05, 3.63) is 76.8 Å². The van der Waals surface area contributed by atoms with E-state index in [-0.39, 0.29) is 21.2 Å². The molecule has 0 radical (unpaired) electrons. The van der Waals surface area contributed by atoms with Crippen molar-refractivity contribution in [1.29, 1.82) is 0 Å². The molecule has 1 amide bonds. The van der Waals surface area contributed by atoms with Crippen molar-refractivity contribution in [1.82, 2.24) is 0 Å². The molecular formula is C22H21ClN2O5S. The third-order valence-electron chi connectivity index (χ3n) is 4.51. The van der Waals surface area contributed by atoms with Crippen LogP contribution in [0, 0.1) is 6.92 Å². The van der Waals surface area contributed by atoms with Crippen molar-refractivity contribution in [3.63, 3.8) is 0 Å². The molecule has 31 heavy (non-hydrogen) atoms. The van der Waals surface area contributed by atoms with E-state index in [9.17, 15) is 13.2 Å². The first-order valence-electron chi connectivity index (χ1n) is 9.16. The van der Waals surface area contributed by atoms with Crippen molar-refractivity contribution in [2.24, 2.45) is 0 Å². The van der Waals surface area contributed by atoms with E-state index in [0.717, 1.165) is 0 Å². The van der Waals surface area contributed by atoms with Crippen LogP contribution in [0.25, 0.3) is 0 Å². The molecule has 0 saturated heterocycles. The third kappa shape index (κ3) is 5.10. The molecule has 0 saturated carbocycles. The van der Waals surface area contributed by atoms with Gasteiger partial charge in [0, 0.05) is 11.8 Å². The first-order valence-corrected chi connectivity index (χ1v) is 11.0. The fourth-order valence-corrected chi connectivity index (χ4v) is 4.49. The van der Waals surface area contributed by atoms with E-state index in [1.54, 1.807) is 61.5 Å². The Kier molecular flexibility index (Phi) is 6.72. The molecular weight excluding hydrogens is 440 g/mol. The Morgan fingerprint density at radius 2 is 1.71 bits per heavy atom. The summed E-state index contributed by atoms with van der Waals surface area (Å²) in [5, 5.41) is 2.98. The minimum atomic E-state index is -3.94. The predicted octanol–water partition coefficient (Wildman–Crippen LogP) is 4.72. The van der Waals surface area contributed by atoms with E-state index < -0.39 is 15.9 Å². The first kappa shape index (κ1) is 22.5. The third-order valence-corrected chi connectivity index (χ3v) is 6.34. The molecule has 2 N–H and O–H groups in total. The molecule has 0 heterocycles. The zero-order chi connectivity index (χ0) is 22.6. The number of hydrogen-bond donors (Lipinski definition) is 2. The van der Waals surface area contributed by atoms with Crippen molar-refractivity contribution >= 4 is 38.9 Å². The van der Waals surface area contributed by atoms with Crippen LogP contribution in [-0.2, 0) is 10.0 Å². The van der Waals surface area contributed by atoms with Gasteiger partial charge in [-0.3, -0.25) is 9.52 Å². The lowest BCUT2D eigenvalue weighted by Gasteiger charge is -2.14.